The van der Waals surface area contributed by atoms with Gasteiger partial charge < -0.3 is 24.6 Å². The summed E-state index contributed by atoms with van der Waals surface area (Å²) in [6.45, 7) is 6.91. The van der Waals surface area contributed by atoms with Crippen LogP contribution in [-0.2, 0) is 19.0 Å². The number of hydrogen-bond donors (Lipinski definition) is 2. The molecule has 0 aromatic carbocycles. The maximum Gasteiger partial charge on any atom is 0.407 e. The number of rotatable bonds is 44. The predicted molar refractivity (Wildman–Crippen MR) is 220 cm³/mol. The molecule has 0 aromatic rings. The van der Waals surface area contributed by atoms with E-state index in [1.807, 2.05) is 0 Å². The van der Waals surface area contributed by atoms with Crippen molar-refractivity contribution in [3.8, 4) is 0 Å². The summed E-state index contributed by atoms with van der Waals surface area (Å²) in [5, 5.41) is 13.0. The smallest absolute Gasteiger partial charge is 0.407 e. The number of amides is 1. The van der Waals surface area contributed by atoms with Crippen LogP contribution in [0.25, 0.3) is 0 Å². The maximum atomic E-state index is 12.2. The first kappa shape index (κ1) is 51.1. The van der Waals surface area contributed by atoms with E-state index in [0.29, 0.717) is 19.8 Å². The van der Waals surface area contributed by atoms with Gasteiger partial charge in [0.15, 0.2) is 0 Å². The molecule has 1 unspecified atom stereocenters. The fourth-order valence-electron chi connectivity index (χ4n) is 6.63. The molecule has 0 aromatic heterocycles. The highest BCUT2D eigenvalue weighted by Gasteiger charge is 2.13. The largest absolute Gasteiger partial charge is 0.447 e. The molecule has 0 heterocycles. The van der Waals surface area contributed by atoms with Gasteiger partial charge in [0.25, 0.3) is 0 Å². The van der Waals surface area contributed by atoms with Crippen LogP contribution in [0.1, 0.15) is 219 Å². The first-order valence-corrected chi connectivity index (χ1v) is 22.7. The molecular formula is C44H90N2O6. The Hall–Kier alpha value is -0.930. The van der Waals surface area contributed by atoms with Gasteiger partial charge in [-0.2, -0.15) is 5.06 Å². The Morgan fingerprint density at radius 2 is 0.885 bits per heavy atom. The lowest BCUT2D eigenvalue weighted by Crippen LogP contribution is -2.34. The van der Waals surface area contributed by atoms with Crippen molar-refractivity contribution in [1.29, 1.82) is 0 Å². The third-order valence-electron chi connectivity index (χ3n) is 10.1. The predicted octanol–water partition coefficient (Wildman–Crippen LogP) is 12.5. The molecule has 0 aliphatic rings. The van der Waals surface area contributed by atoms with Gasteiger partial charge >= 0.3 is 6.09 Å². The fraction of sp³-hybridized carbons (Fsp3) is 0.977. The van der Waals surface area contributed by atoms with Crippen LogP contribution < -0.4 is 5.32 Å². The second-order valence-electron chi connectivity index (χ2n) is 15.3. The molecule has 52 heavy (non-hydrogen) atoms. The quantitative estimate of drug-likeness (QED) is 0.0365. The van der Waals surface area contributed by atoms with Gasteiger partial charge in [0, 0.05) is 26.8 Å². The zero-order valence-electron chi connectivity index (χ0n) is 35.1. The van der Waals surface area contributed by atoms with Crippen LogP contribution in [0, 0.1) is 0 Å². The summed E-state index contributed by atoms with van der Waals surface area (Å²) in [4.78, 5) is 17.4. The first-order valence-electron chi connectivity index (χ1n) is 22.7. The summed E-state index contributed by atoms with van der Waals surface area (Å²) in [5.74, 6) is 0. The Balaban J connectivity index is 3.95. The molecule has 0 bridgehead atoms. The van der Waals surface area contributed by atoms with Crippen molar-refractivity contribution in [2.24, 2.45) is 0 Å². The van der Waals surface area contributed by atoms with E-state index in [2.05, 4.69) is 19.2 Å². The van der Waals surface area contributed by atoms with Crippen molar-refractivity contribution in [3.63, 3.8) is 0 Å². The van der Waals surface area contributed by atoms with Gasteiger partial charge in [-0.1, -0.05) is 206 Å². The lowest BCUT2D eigenvalue weighted by molar-refractivity contribution is -0.176. The van der Waals surface area contributed by atoms with E-state index >= 15 is 0 Å². The molecule has 312 valence electrons. The Morgan fingerprint density at radius 1 is 0.519 bits per heavy atom. The van der Waals surface area contributed by atoms with Crippen LogP contribution in [0.5, 0.6) is 0 Å². The lowest BCUT2D eigenvalue weighted by atomic mass is 10.0. The average Bonchev–Trinajstić information content (AvgIpc) is 3.15. The van der Waals surface area contributed by atoms with E-state index in [0.717, 1.165) is 19.4 Å². The van der Waals surface area contributed by atoms with Gasteiger partial charge in [0.2, 0.25) is 0 Å². The molecule has 0 radical (unpaired) electrons. The number of nitrogens with one attached hydrogen (secondary N) is 1. The van der Waals surface area contributed by atoms with Gasteiger partial charge in [0.05, 0.1) is 13.2 Å². The number of aliphatic hydroxyl groups excluding tert-OH is 1. The number of hydrogen-bond acceptors (Lipinski definition) is 7. The van der Waals surface area contributed by atoms with E-state index in [1.165, 1.54) is 198 Å². The van der Waals surface area contributed by atoms with E-state index < -0.39 is 6.09 Å². The number of unbranched alkanes of at least 4 members (excludes halogenated alkanes) is 30. The number of aliphatic hydroxyl groups is 1. The van der Waals surface area contributed by atoms with E-state index in [9.17, 15) is 4.79 Å². The van der Waals surface area contributed by atoms with Gasteiger partial charge in [0.1, 0.15) is 19.4 Å². The van der Waals surface area contributed by atoms with Gasteiger partial charge in [-0.25, -0.2) is 4.79 Å². The van der Waals surface area contributed by atoms with E-state index in [1.54, 1.807) is 7.05 Å². The molecule has 0 saturated carbocycles. The van der Waals surface area contributed by atoms with Gasteiger partial charge in [-0.05, 0) is 12.8 Å². The minimum absolute atomic E-state index is 0.168. The van der Waals surface area contributed by atoms with Crippen LogP contribution in [0.15, 0.2) is 0 Å². The zero-order valence-corrected chi connectivity index (χ0v) is 35.1. The average molecular weight is 743 g/mol. The maximum absolute atomic E-state index is 12.2. The topological polar surface area (TPSA) is 89.5 Å². The van der Waals surface area contributed by atoms with Gasteiger partial charge in [-0.3, -0.25) is 4.84 Å². The third-order valence-corrected chi connectivity index (χ3v) is 10.1. The van der Waals surface area contributed by atoms with Crippen LogP contribution >= 0.6 is 0 Å². The number of hydroxylamine groups is 2. The summed E-state index contributed by atoms with van der Waals surface area (Å²) in [5.41, 5.74) is 0. The van der Waals surface area contributed by atoms with Crippen LogP contribution in [-0.4, -0.2) is 75.7 Å². The number of ether oxygens (including phenoxy) is 3. The second-order valence-corrected chi connectivity index (χ2v) is 15.3. The van der Waals surface area contributed by atoms with Gasteiger partial charge in [-0.15, -0.1) is 0 Å². The monoisotopic (exact) mass is 743 g/mol. The molecule has 0 aliphatic heterocycles. The lowest BCUT2D eigenvalue weighted by Gasteiger charge is -2.19. The molecular weight excluding hydrogens is 652 g/mol. The van der Waals surface area contributed by atoms with E-state index in [-0.39, 0.29) is 26.0 Å². The third kappa shape index (κ3) is 41.8. The summed E-state index contributed by atoms with van der Waals surface area (Å²) in [6, 6.07) is 0. The highest BCUT2D eigenvalue weighted by Crippen LogP contribution is 2.15. The van der Waals surface area contributed by atoms with Crippen LogP contribution in [0.2, 0.25) is 0 Å². The second kappa shape index (κ2) is 44.5. The van der Waals surface area contributed by atoms with Crippen molar-refractivity contribution >= 4 is 6.09 Å². The summed E-state index contributed by atoms with van der Waals surface area (Å²) in [6.07, 6.45) is 42.5. The minimum atomic E-state index is -0.496. The normalized spacial score (nSPS) is 12.2. The van der Waals surface area contributed by atoms with Crippen molar-refractivity contribution < 1.29 is 28.9 Å². The first-order chi connectivity index (χ1) is 25.6. The van der Waals surface area contributed by atoms with Crippen molar-refractivity contribution in [2.45, 2.75) is 225 Å². The van der Waals surface area contributed by atoms with Crippen molar-refractivity contribution in [1.82, 2.24) is 10.4 Å². The molecule has 0 rings (SSSR count). The molecule has 8 nitrogen and oxygen atoms in total. The highest BCUT2D eigenvalue weighted by atomic mass is 16.7. The Bertz CT molecular complexity index is 685. The SMILES string of the molecule is CCCCCCCCCCCCCCCCCCOCC(COC(=O)NCCON(C)CO)OCCCCCCCCCCCCCCCCCC. The number of carbonyl (C=O) groups excluding carboxylic acids is 1. The molecule has 0 saturated heterocycles. The molecule has 2 N–H and O–H groups in total. The molecule has 1 atom stereocenters. The van der Waals surface area contributed by atoms with Crippen molar-refractivity contribution in [3.05, 3.63) is 0 Å². The molecule has 0 fully saturated rings. The Labute approximate surface area is 323 Å². The van der Waals surface area contributed by atoms with E-state index in [4.69, 9.17) is 24.2 Å². The Morgan fingerprint density at radius 3 is 1.27 bits per heavy atom. The molecule has 0 spiro atoms. The zero-order chi connectivity index (χ0) is 37.8. The standard InChI is InChI=1S/C44H90N2O6/c1-4-6-8-10-12-14-16-18-20-22-24-26-28-30-32-34-37-49-40-43(41-51-44(48)45-36-39-52-46(3)42-47)50-38-35-33-31-29-27-25-23-21-19-17-15-13-11-9-7-5-2/h43,47H,4-42H2,1-3H3,(H,45,48). The molecule has 8 heteroatoms. The summed E-state index contributed by atoms with van der Waals surface area (Å²) >= 11 is 0. The number of nitrogens with zero attached hydrogens (tertiary/aromatic N) is 1. The fourth-order valence-corrected chi connectivity index (χ4v) is 6.63. The highest BCUT2D eigenvalue weighted by molar-refractivity contribution is 5.67. The molecule has 1 amide bonds. The Kier molecular flexibility index (Phi) is 43.7. The molecule has 0 aliphatic carbocycles. The van der Waals surface area contributed by atoms with Crippen LogP contribution in [0.4, 0.5) is 4.79 Å². The number of carbonyl (C=O) groups is 1. The van der Waals surface area contributed by atoms with Crippen molar-refractivity contribution in [2.75, 3.05) is 53.4 Å². The minimum Gasteiger partial charge on any atom is -0.447 e. The summed E-state index contributed by atoms with van der Waals surface area (Å²) in [7, 11) is 1.62. The number of alkyl carbamates (subject to hydrolysis) is 1. The summed E-state index contributed by atoms with van der Waals surface area (Å²) < 4.78 is 17.5. The van der Waals surface area contributed by atoms with Crippen LogP contribution in [0.3, 0.4) is 0 Å².